The molecule has 0 spiro atoms. The summed E-state index contributed by atoms with van der Waals surface area (Å²) in [6, 6.07) is 5.39. The molecular weight excluding hydrogens is 240 g/mol. The van der Waals surface area contributed by atoms with Crippen molar-refractivity contribution < 1.29 is 14.6 Å². The van der Waals surface area contributed by atoms with E-state index in [0.29, 0.717) is 25.2 Å². The largest absolute Gasteiger partial charge is 0.508 e. The maximum atomic E-state index is 11.2. The van der Waals surface area contributed by atoms with Crippen molar-refractivity contribution in [2.75, 3.05) is 6.61 Å². The molecule has 0 aromatic heterocycles. The quantitative estimate of drug-likeness (QED) is 0.574. The van der Waals surface area contributed by atoms with Gasteiger partial charge in [-0.1, -0.05) is 25.5 Å². The predicted octanol–water partition coefficient (Wildman–Crippen LogP) is 3.65. The number of carbonyl (C=O) groups excluding carboxylic acids is 1. The molecule has 0 unspecified atom stereocenters. The Balaban J connectivity index is 2.37. The molecule has 1 aromatic rings. The Morgan fingerprint density at radius 1 is 1.42 bits per heavy atom. The molecule has 0 radical (unpaired) electrons. The van der Waals surface area contributed by atoms with Crippen molar-refractivity contribution in [2.45, 2.75) is 39.5 Å². The van der Waals surface area contributed by atoms with Gasteiger partial charge in [0.2, 0.25) is 0 Å². The monoisotopic (exact) mass is 262 g/mol. The molecule has 1 rings (SSSR count). The van der Waals surface area contributed by atoms with Crippen LogP contribution in [-0.2, 0) is 11.2 Å². The molecule has 0 bridgehead atoms. The van der Waals surface area contributed by atoms with Gasteiger partial charge in [0.25, 0.3) is 0 Å². The Labute approximate surface area is 114 Å². The zero-order valence-electron chi connectivity index (χ0n) is 11.7. The summed E-state index contributed by atoms with van der Waals surface area (Å²) < 4.78 is 5.51. The Kier molecular flexibility index (Phi) is 6.72. The standard InChI is InChI=1S/C16H22O3/c1-3-6-13-9-10-15(12-16(13)18)19-11-5-8-14(17)7-4-2/h4,7,9-10,12,18H,3,5-6,8,11H2,1-2H3. The third-order valence-electron chi connectivity index (χ3n) is 2.76. The Morgan fingerprint density at radius 3 is 2.84 bits per heavy atom. The van der Waals surface area contributed by atoms with Gasteiger partial charge in [-0.3, -0.25) is 4.79 Å². The van der Waals surface area contributed by atoms with Crippen molar-refractivity contribution in [3.63, 3.8) is 0 Å². The third-order valence-corrected chi connectivity index (χ3v) is 2.76. The number of carbonyl (C=O) groups is 1. The number of phenols is 1. The maximum Gasteiger partial charge on any atom is 0.155 e. The topological polar surface area (TPSA) is 46.5 Å². The minimum Gasteiger partial charge on any atom is -0.508 e. The van der Waals surface area contributed by atoms with Crippen LogP contribution in [0.1, 0.15) is 38.7 Å². The van der Waals surface area contributed by atoms with Gasteiger partial charge in [0.1, 0.15) is 11.5 Å². The first-order chi connectivity index (χ1) is 9.17. The average Bonchev–Trinajstić information content (AvgIpc) is 2.38. The first-order valence-electron chi connectivity index (χ1n) is 6.77. The zero-order chi connectivity index (χ0) is 14.1. The lowest BCUT2D eigenvalue weighted by molar-refractivity contribution is -0.114. The molecule has 0 saturated heterocycles. The maximum absolute atomic E-state index is 11.2. The second kappa shape index (κ2) is 8.35. The van der Waals surface area contributed by atoms with Crippen LogP contribution in [0.5, 0.6) is 11.5 Å². The second-order valence-electron chi connectivity index (χ2n) is 4.46. The Bertz CT molecular complexity index is 436. The van der Waals surface area contributed by atoms with Gasteiger partial charge in [0, 0.05) is 12.5 Å². The summed E-state index contributed by atoms with van der Waals surface area (Å²) >= 11 is 0. The highest BCUT2D eigenvalue weighted by atomic mass is 16.5. The van der Waals surface area contributed by atoms with Gasteiger partial charge in [-0.25, -0.2) is 0 Å². The van der Waals surface area contributed by atoms with E-state index in [-0.39, 0.29) is 11.5 Å². The van der Waals surface area contributed by atoms with Crippen LogP contribution >= 0.6 is 0 Å². The molecule has 0 amide bonds. The number of allylic oxidation sites excluding steroid dienone is 2. The van der Waals surface area contributed by atoms with Crippen LogP contribution in [0.15, 0.2) is 30.4 Å². The molecule has 3 heteroatoms. The lowest BCUT2D eigenvalue weighted by Gasteiger charge is -2.08. The summed E-state index contributed by atoms with van der Waals surface area (Å²) in [6.07, 6.45) is 6.36. The van der Waals surface area contributed by atoms with E-state index in [1.54, 1.807) is 18.2 Å². The van der Waals surface area contributed by atoms with Gasteiger partial charge < -0.3 is 9.84 Å². The molecule has 0 atom stereocenters. The Morgan fingerprint density at radius 2 is 2.21 bits per heavy atom. The van der Waals surface area contributed by atoms with Crippen molar-refractivity contribution in [1.29, 1.82) is 0 Å². The highest BCUT2D eigenvalue weighted by Crippen LogP contribution is 2.24. The van der Waals surface area contributed by atoms with Gasteiger partial charge in [-0.2, -0.15) is 0 Å². The lowest BCUT2D eigenvalue weighted by atomic mass is 10.1. The number of aryl methyl sites for hydroxylation is 1. The molecule has 1 aromatic carbocycles. The summed E-state index contributed by atoms with van der Waals surface area (Å²) in [5.74, 6) is 1.05. The molecule has 0 fully saturated rings. The van der Waals surface area contributed by atoms with E-state index in [4.69, 9.17) is 4.74 Å². The summed E-state index contributed by atoms with van der Waals surface area (Å²) in [7, 11) is 0. The van der Waals surface area contributed by atoms with Gasteiger partial charge >= 0.3 is 0 Å². The van der Waals surface area contributed by atoms with E-state index in [9.17, 15) is 9.90 Å². The van der Waals surface area contributed by atoms with E-state index in [1.165, 1.54) is 0 Å². The number of phenolic OH excluding ortho intramolecular Hbond substituents is 1. The number of aromatic hydroxyl groups is 1. The van der Waals surface area contributed by atoms with E-state index >= 15 is 0 Å². The molecule has 0 saturated carbocycles. The van der Waals surface area contributed by atoms with Crippen LogP contribution < -0.4 is 4.74 Å². The van der Waals surface area contributed by atoms with Crippen LogP contribution in [0, 0.1) is 0 Å². The first kappa shape index (κ1) is 15.3. The van der Waals surface area contributed by atoms with Crippen LogP contribution in [-0.4, -0.2) is 17.5 Å². The number of ketones is 1. The fraction of sp³-hybridized carbons (Fsp3) is 0.438. The van der Waals surface area contributed by atoms with E-state index in [2.05, 4.69) is 6.92 Å². The predicted molar refractivity (Wildman–Crippen MR) is 76.7 cm³/mol. The van der Waals surface area contributed by atoms with E-state index in [0.717, 1.165) is 18.4 Å². The molecule has 0 aliphatic rings. The van der Waals surface area contributed by atoms with E-state index in [1.807, 2.05) is 19.1 Å². The normalized spacial score (nSPS) is 10.8. The van der Waals surface area contributed by atoms with Crippen LogP contribution in [0.3, 0.4) is 0 Å². The molecule has 0 heterocycles. The van der Waals surface area contributed by atoms with Crippen molar-refractivity contribution >= 4 is 5.78 Å². The molecule has 3 nitrogen and oxygen atoms in total. The van der Waals surface area contributed by atoms with Crippen LogP contribution in [0.2, 0.25) is 0 Å². The lowest BCUT2D eigenvalue weighted by Crippen LogP contribution is -2.01. The highest BCUT2D eigenvalue weighted by Gasteiger charge is 2.03. The van der Waals surface area contributed by atoms with Crippen molar-refractivity contribution in [3.05, 3.63) is 35.9 Å². The molecular formula is C16H22O3. The fourth-order valence-corrected chi connectivity index (χ4v) is 1.82. The fourth-order valence-electron chi connectivity index (χ4n) is 1.82. The molecule has 1 N–H and O–H groups in total. The zero-order valence-corrected chi connectivity index (χ0v) is 11.7. The second-order valence-corrected chi connectivity index (χ2v) is 4.46. The minimum atomic E-state index is 0.118. The van der Waals surface area contributed by atoms with Crippen LogP contribution in [0.4, 0.5) is 0 Å². The summed E-state index contributed by atoms with van der Waals surface area (Å²) in [6.45, 7) is 4.39. The molecule has 0 aliphatic heterocycles. The summed E-state index contributed by atoms with van der Waals surface area (Å²) in [5.41, 5.74) is 0.943. The summed E-state index contributed by atoms with van der Waals surface area (Å²) in [4.78, 5) is 11.2. The summed E-state index contributed by atoms with van der Waals surface area (Å²) in [5, 5.41) is 9.79. The number of ether oxygens (including phenoxy) is 1. The van der Waals surface area contributed by atoms with Crippen molar-refractivity contribution in [2.24, 2.45) is 0 Å². The average molecular weight is 262 g/mol. The molecule has 0 aliphatic carbocycles. The number of hydrogen-bond donors (Lipinski definition) is 1. The molecule has 19 heavy (non-hydrogen) atoms. The highest BCUT2D eigenvalue weighted by molar-refractivity contribution is 5.89. The van der Waals surface area contributed by atoms with Crippen molar-refractivity contribution in [3.8, 4) is 11.5 Å². The SMILES string of the molecule is CC=CC(=O)CCCOc1ccc(CCC)c(O)c1. The molecule has 104 valence electrons. The first-order valence-corrected chi connectivity index (χ1v) is 6.77. The van der Waals surface area contributed by atoms with Gasteiger partial charge in [-0.15, -0.1) is 0 Å². The smallest absolute Gasteiger partial charge is 0.155 e. The van der Waals surface area contributed by atoms with Gasteiger partial charge in [-0.05, 0) is 37.5 Å². The third kappa shape index (κ3) is 5.60. The van der Waals surface area contributed by atoms with E-state index < -0.39 is 0 Å². The van der Waals surface area contributed by atoms with Crippen LogP contribution in [0.25, 0.3) is 0 Å². The number of benzene rings is 1. The Hall–Kier alpha value is -1.77. The van der Waals surface area contributed by atoms with Gasteiger partial charge in [0.15, 0.2) is 5.78 Å². The minimum absolute atomic E-state index is 0.118. The van der Waals surface area contributed by atoms with Crippen molar-refractivity contribution in [1.82, 2.24) is 0 Å². The number of rotatable bonds is 8. The number of hydrogen-bond acceptors (Lipinski definition) is 3. The van der Waals surface area contributed by atoms with Gasteiger partial charge in [0.05, 0.1) is 6.61 Å².